The number of hydrogen-bond donors (Lipinski definition) is 2. The Labute approximate surface area is 125 Å². The van der Waals surface area contributed by atoms with E-state index in [0.29, 0.717) is 5.82 Å². The summed E-state index contributed by atoms with van der Waals surface area (Å²) in [5.41, 5.74) is 1.83. The van der Waals surface area contributed by atoms with E-state index in [1.807, 2.05) is 32.0 Å². The van der Waals surface area contributed by atoms with Crippen LogP contribution < -0.4 is 10.0 Å². The van der Waals surface area contributed by atoms with Crippen LogP contribution in [0, 0.1) is 6.92 Å². The maximum Gasteiger partial charge on any atom is 0.263 e. The molecule has 0 radical (unpaired) electrons. The molecule has 1 aromatic carbocycles. The number of hydrogen-bond acceptors (Lipinski definition) is 4. The molecule has 2 rings (SSSR count). The Morgan fingerprint density at radius 2 is 1.86 bits per heavy atom. The van der Waals surface area contributed by atoms with Gasteiger partial charge in [0.25, 0.3) is 10.0 Å². The third kappa shape index (κ3) is 4.03. The topological polar surface area (TPSA) is 71.1 Å². The average molecular weight is 305 g/mol. The molecule has 6 heteroatoms. The predicted molar refractivity (Wildman–Crippen MR) is 83.6 cm³/mol. The van der Waals surface area contributed by atoms with Gasteiger partial charge in [0, 0.05) is 12.7 Å². The van der Waals surface area contributed by atoms with Gasteiger partial charge in [-0.1, -0.05) is 25.1 Å². The summed E-state index contributed by atoms with van der Waals surface area (Å²) in [6.07, 6.45) is 1.56. The molecule has 2 aromatic rings. The Morgan fingerprint density at radius 3 is 2.48 bits per heavy atom. The molecule has 1 heterocycles. The second-order valence-corrected chi connectivity index (χ2v) is 6.38. The zero-order chi connectivity index (χ0) is 15.3. The fourth-order valence-corrected chi connectivity index (χ4v) is 2.92. The summed E-state index contributed by atoms with van der Waals surface area (Å²) >= 11 is 0. The third-order valence-electron chi connectivity index (χ3n) is 3.05. The van der Waals surface area contributed by atoms with E-state index in [1.165, 1.54) is 0 Å². The molecular weight excluding hydrogens is 286 g/mol. The summed E-state index contributed by atoms with van der Waals surface area (Å²) in [4.78, 5) is 4.28. The second-order valence-electron chi connectivity index (χ2n) is 4.70. The summed E-state index contributed by atoms with van der Waals surface area (Å²) in [5, 5.41) is 3.19. The molecule has 0 saturated carbocycles. The van der Waals surface area contributed by atoms with Crippen LogP contribution in [0.3, 0.4) is 0 Å². The number of pyridine rings is 1. The lowest BCUT2D eigenvalue weighted by Gasteiger charge is -2.10. The van der Waals surface area contributed by atoms with Gasteiger partial charge in [0.2, 0.25) is 0 Å². The van der Waals surface area contributed by atoms with E-state index in [-0.39, 0.29) is 4.90 Å². The smallest absolute Gasteiger partial charge is 0.263 e. The maximum absolute atomic E-state index is 12.3. The molecule has 2 N–H and O–H groups in total. The number of benzene rings is 1. The number of aryl methyl sites for hydroxylation is 1. The number of nitrogens with zero attached hydrogens (tertiary/aromatic N) is 1. The molecule has 0 aliphatic rings. The van der Waals surface area contributed by atoms with Gasteiger partial charge in [-0.05, 0) is 42.8 Å². The zero-order valence-corrected chi connectivity index (χ0v) is 12.9. The molecule has 0 unspecified atom stereocenters. The monoisotopic (exact) mass is 305 g/mol. The molecule has 21 heavy (non-hydrogen) atoms. The van der Waals surface area contributed by atoms with Crippen LogP contribution in [0.25, 0.3) is 0 Å². The molecule has 0 atom stereocenters. The van der Waals surface area contributed by atoms with Crippen molar-refractivity contribution in [2.45, 2.75) is 25.3 Å². The minimum atomic E-state index is -3.61. The first-order valence-electron chi connectivity index (χ1n) is 6.77. The summed E-state index contributed by atoms with van der Waals surface area (Å²) < 4.78 is 27.1. The zero-order valence-electron chi connectivity index (χ0n) is 12.1. The van der Waals surface area contributed by atoms with Crippen LogP contribution in [-0.2, 0) is 16.6 Å². The Bertz CT molecular complexity index is 697. The highest BCUT2D eigenvalue weighted by atomic mass is 32.2. The number of nitrogens with one attached hydrogen (secondary N) is 2. The van der Waals surface area contributed by atoms with Crippen LogP contribution in [0.15, 0.2) is 47.5 Å². The SMILES string of the molecule is CCNCc1ccc(S(=O)(=O)Nc2ncccc2C)cc1. The summed E-state index contributed by atoms with van der Waals surface area (Å²) in [5.74, 6) is 0.356. The highest BCUT2D eigenvalue weighted by Crippen LogP contribution is 2.17. The van der Waals surface area contributed by atoms with Crippen LogP contribution in [0.1, 0.15) is 18.1 Å². The molecule has 1 aromatic heterocycles. The quantitative estimate of drug-likeness (QED) is 0.859. The summed E-state index contributed by atoms with van der Waals surface area (Å²) in [6, 6.07) is 10.4. The van der Waals surface area contributed by atoms with Gasteiger partial charge in [-0.2, -0.15) is 0 Å². The standard InChI is InChI=1S/C15H19N3O2S/c1-3-16-11-13-6-8-14(9-7-13)21(19,20)18-15-12(2)5-4-10-17-15/h4-10,16H,3,11H2,1-2H3,(H,17,18). The minimum Gasteiger partial charge on any atom is -0.313 e. The Balaban J connectivity index is 2.18. The van der Waals surface area contributed by atoms with Gasteiger partial charge in [0.05, 0.1) is 4.90 Å². The van der Waals surface area contributed by atoms with Crippen molar-refractivity contribution in [1.82, 2.24) is 10.3 Å². The van der Waals surface area contributed by atoms with Crippen LogP contribution in [0.4, 0.5) is 5.82 Å². The van der Waals surface area contributed by atoms with E-state index < -0.39 is 10.0 Å². The van der Waals surface area contributed by atoms with E-state index >= 15 is 0 Å². The second kappa shape index (κ2) is 6.69. The van der Waals surface area contributed by atoms with Gasteiger partial charge in [-0.25, -0.2) is 13.4 Å². The van der Waals surface area contributed by atoms with Gasteiger partial charge in [0.15, 0.2) is 0 Å². The van der Waals surface area contributed by atoms with Crippen LogP contribution in [0.5, 0.6) is 0 Å². The van der Waals surface area contributed by atoms with Gasteiger partial charge in [-0.3, -0.25) is 4.72 Å². The van der Waals surface area contributed by atoms with Crippen molar-refractivity contribution in [3.8, 4) is 0 Å². The molecule has 0 aliphatic carbocycles. The van der Waals surface area contributed by atoms with E-state index in [4.69, 9.17) is 0 Å². The van der Waals surface area contributed by atoms with Gasteiger partial charge in [-0.15, -0.1) is 0 Å². The first-order chi connectivity index (χ1) is 10.0. The summed E-state index contributed by atoms with van der Waals surface area (Å²) in [6.45, 7) is 5.44. The predicted octanol–water partition coefficient (Wildman–Crippen LogP) is 2.30. The molecule has 0 bridgehead atoms. The Kier molecular flexibility index (Phi) is 4.93. The van der Waals surface area contributed by atoms with Crippen molar-refractivity contribution in [2.24, 2.45) is 0 Å². The Hall–Kier alpha value is -1.92. The van der Waals surface area contributed by atoms with Crippen LogP contribution in [-0.4, -0.2) is 19.9 Å². The molecule has 0 saturated heterocycles. The van der Waals surface area contributed by atoms with Crippen molar-refractivity contribution < 1.29 is 8.42 Å². The van der Waals surface area contributed by atoms with Crippen LogP contribution >= 0.6 is 0 Å². The lowest BCUT2D eigenvalue weighted by molar-refractivity contribution is 0.601. The normalized spacial score (nSPS) is 11.3. The van der Waals surface area contributed by atoms with Crippen molar-refractivity contribution in [3.63, 3.8) is 0 Å². The van der Waals surface area contributed by atoms with Gasteiger partial charge in [0.1, 0.15) is 5.82 Å². The van der Waals surface area contributed by atoms with E-state index in [0.717, 1.165) is 24.2 Å². The van der Waals surface area contributed by atoms with Crippen molar-refractivity contribution >= 4 is 15.8 Å². The molecule has 0 aliphatic heterocycles. The van der Waals surface area contributed by atoms with Gasteiger partial charge >= 0.3 is 0 Å². The third-order valence-corrected chi connectivity index (χ3v) is 4.41. The fraction of sp³-hybridized carbons (Fsp3) is 0.267. The van der Waals surface area contributed by atoms with E-state index in [2.05, 4.69) is 15.0 Å². The molecule has 0 spiro atoms. The number of anilines is 1. The fourth-order valence-electron chi connectivity index (χ4n) is 1.83. The first kappa shape index (κ1) is 15.5. The molecule has 5 nitrogen and oxygen atoms in total. The number of rotatable bonds is 6. The average Bonchev–Trinajstić information content (AvgIpc) is 2.48. The minimum absolute atomic E-state index is 0.229. The van der Waals surface area contributed by atoms with E-state index in [9.17, 15) is 8.42 Å². The molecule has 0 fully saturated rings. The van der Waals surface area contributed by atoms with Crippen molar-refractivity contribution in [3.05, 3.63) is 53.7 Å². The lowest BCUT2D eigenvalue weighted by Crippen LogP contribution is -2.15. The van der Waals surface area contributed by atoms with Crippen LogP contribution in [0.2, 0.25) is 0 Å². The molecule has 0 amide bonds. The first-order valence-corrected chi connectivity index (χ1v) is 8.25. The molecule has 112 valence electrons. The van der Waals surface area contributed by atoms with Gasteiger partial charge < -0.3 is 5.32 Å². The largest absolute Gasteiger partial charge is 0.313 e. The Morgan fingerprint density at radius 1 is 1.14 bits per heavy atom. The van der Waals surface area contributed by atoms with Crippen molar-refractivity contribution in [2.75, 3.05) is 11.3 Å². The maximum atomic E-state index is 12.3. The number of aromatic nitrogens is 1. The highest BCUT2D eigenvalue weighted by Gasteiger charge is 2.15. The van der Waals surface area contributed by atoms with E-state index in [1.54, 1.807) is 24.4 Å². The molecular formula is C15H19N3O2S. The summed E-state index contributed by atoms with van der Waals surface area (Å²) in [7, 11) is -3.61. The van der Waals surface area contributed by atoms with Crippen molar-refractivity contribution in [1.29, 1.82) is 0 Å². The lowest BCUT2D eigenvalue weighted by atomic mass is 10.2. The highest BCUT2D eigenvalue weighted by molar-refractivity contribution is 7.92. The number of sulfonamides is 1.